The van der Waals surface area contributed by atoms with Crippen molar-refractivity contribution in [3.63, 3.8) is 0 Å². The molecule has 3 rings (SSSR count). The Kier molecular flexibility index (Phi) is 6.14. The first-order valence-corrected chi connectivity index (χ1v) is 9.29. The van der Waals surface area contributed by atoms with Gasteiger partial charge in [-0.2, -0.15) is 5.10 Å². The maximum absolute atomic E-state index is 12.8. The molecule has 0 fully saturated rings. The molecule has 0 aliphatic heterocycles. The maximum atomic E-state index is 12.8. The molecule has 0 atom stereocenters. The van der Waals surface area contributed by atoms with Crippen LogP contribution in [-0.4, -0.2) is 29.3 Å². The maximum Gasteiger partial charge on any atom is 0.270 e. The zero-order valence-electron chi connectivity index (χ0n) is 15.4. The average molecular weight is 384 g/mol. The minimum absolute atomic E-state index is 0.176. The number of aromatic nitrogens is 2. The first-order valence-electron chi connectivity index (χ1n) is 8.91. The number of ether oxygens (including phenoxy) is 1. The van der Waals surface area contributed by atoms with Gasteiger partial charge in [0.05, 0.1) is 23.5 Å². The van der Waals surface area contributed by atoms with Crippen LogP contribution in [0.1, 0.15) is 30.3 Å². The van der Waals surface area contributed by atoms with Crippen LogP contribution in [0.4, 0.5) is 0 Å². The second-order valence-corrected chi connectivity index (χ2v) is 6.53. The van der Waals surface area contributed by atoms with Crippen molar-refractivity contribution in [2.24, 2.45) is 0 Å². The molecule has 0 spiro atoms. The van der Waals surface area contributed by atoms with Gasteiger partial charge >= 0.3 is 0 Å². The molecule has 0 aliphatic rings. The monoisotopic (exact) mass is 383 g/mol. The summed E-state index contributed by atoms with van der Waals surface area (Å²) in [5.41, 5.74) is 2.64. The van der Waals surface area contributed by atoms with Crippen molar-refractivity contribution >= 4 is 17.5 Å². The molecule has 0 bridgehead atoms. The van der Waals surface area contributed by atoms with Crippen LogP contribution in [-0.2, 0) is 0 Å². The summed E-state index contributed by atoms with van der Waals surface area (Å²) in [6.45, 7) is 2.71. The van der Waals surface area contributed by atoms with E-state index in [1.54, 1.807) is 23.9 Å². The number of benzene rings is 2. The number of nitrogens with one attached hydrogen (secondary N) is 1. The fourth-order valence-corrected chi connectivity index (χ4v) is 2.96. The zero-order chi connectivity index (χ0) is 19.2. The van der Waals surface area contributed by atoms with Gasteiger partial charge in [-0.05, 0) is 36.8 Å². The van der Waals surface area contributed by atoms with Crippen molar-refractivity contribution in [2.45, 2.75) is 19.8 Å². The molecule has 27 heavy (non-hydrogen) atoms. The second-order valence-electron chi connectivity index (χ2n) is 6.12. The molecule has 6 heteroatoms. The van der Waals surface area contributed by atoms with Crippen LogP contribution in [0.25, 0.3) is 16.9 Å². The first kappa shape index (κ1) is 19.0. The van der Waals surface area contributed by atoms with Crippen LogP contribution in [0, 0.1) is 0 Å². The summed E-state index contributed by atoms with van der Waals surface area (Å²) < 4.78 is 6.89. The molecule has 0 saturated carbocycles. The molecule has 0 saturated heterocycles. The normalized spacial score (nSPS) is 10.6. The molecular weight excluding hydrogens is 362 g/mol. The quantitative estimate of drug-likeness (QED) is 0.600. The Labute approximate surface area is 163 Å². The van der Waals surface area contributed by atoms with E-state index in [0.29, 0.717) is 28.6 Å². The molecular formula is C21H22ClN3O2. The van der Waals surface area contributed by atoms with Crippen molar-refractivity contribution in [2.75, 3.05) is 13.7 Å². The van der Waals surface area contributed by atoms with E-state index in [4.69, 9.17) is 16.3 Å². The van der Waals surface area contributed by atoms with Crippen molar-refractivity contribution in [1.29, 1.82) is 0 Å². The zero-order valence-corrected chi connectivity index (χ0v) is 16.2. The SMILES string of the molecule is CCCCNC(=O)c1cc(-c2cccc(OC)c2)nn1-c1ccccc1Cl. The molecule has 0 aliphatic carbocycles. The van der Waals surface area contributed by atoms with E-state index in [-0.39, 0.29) is 5.91 Å². The van der Waals surface area contributed by atoms with Gasteiger partial charge in [-0.3, -0.25) is 4.79 Å². The van der Waals surface area contributed by atoms with E-state index in [1.165, 1.54) is 0 Å². The van der Waals surface area contributed by atoms with Crippen LogP contribution < -0.4 is 10.1 Å². The Balaban J connectivity index is 2.05. The third-order valence-electron chi connectivity index (χ3n) is 4.20. The van der Waals surface area contributed by atoms with Crippen molar-refractivity contribution in [3.8, 4) is 22.7 Å². The predicted octanol–water partition coefficient (Wildman–Crippen LogP) is 4.73. The van der Waals surface area contributed by atoms with E-state index in [9.17, 15) is 4.79 Å². The van der Waals surface area contributed by atoms with Crippen molar-refractivity contribution < 1.29 is 9.53 Å². The third-order valence-corrected chi connectivity index (χ3v) is 4.52. The van der Waals surface area contributed by atoms with Gasteiger partial charge in [0.1, 0.15) is 11.4 Å². The summed E-state index contributed by atoms with van der Waals surface area (Å²) in [4.78, 5) is 12.8. The van der Waals surface area contributed by atoms with Gasteiger partial charge in [0.2, 0.25) is 0 Å². The number of amides is 1. The molecule has 0 unspecified atom stereocenters. The molecule has 5 nitrogen and oxygen atoms in total. The van der Waals surface area contributed by atoms with Crippen LogP contribution in [0.15, 0.2) is 54.6 Å². The minimum atomic E-state index is -0.176. The summed E-state index contributed by atoms with van der Waals surface area (Å²) in [5, 5.41) is 8.13. The van der Waals surface area contributed by atoms with Gasteiger partial charge in [0.25, 0.3) is 5.91 Å². The topological polar surface area (TPSA) is 56.1 Å². The number of hydrogen-bond donors (Lipinski definition) is 1. The summed E-state index contributed by atoms with van der Waals surface area (Å²) in [5.74, 6) is 0.554. The number of halogens is 1. The Bertz CT molecular complexity index is 937. The first-order chi connectivity index (χ1) is 13.1. The van der Waals surface area contributed by atoms with Gasteiger partial charge in [-0.1, -0.05) is 49.2 Å². The van der Waals surface area contributed by atoms with Crippen LogP contribution in [0.2, 0.25) is 5.02 Å². The number of para-hydroxylation sites is 1. The number of rotatable bonds is 7. The summed E-state index contributed by atoms with van der Waals surface area (Å²) in [7, 11) is 1.62. The fraction of sp³-hybridized carbons (Fsp3) is 0.238. The smallest absolute Gasteiger partial charge is 0.270 e. The predicted molar refractivity (Wildman–Crippen MR) is 108 cm³/mol. The Morgan fingerprint density at radius 1 is 1.19 bits per heavy atom. The van der Waals surface area contributed by atoms with Gasteiger partial charge in [-0.25, -0.2) is 4.68 Å². The van der Waals surface area contributed by atoms with E-state index in [0.717, 1.165) is 24.2 Å². The standard InChI is InChI=1S/C21H22ClN3O2/c1-3-4-12-23-21(26)20-14-18(15-8-7-9-16(13-15)27-2)24-25(20)19-11-6-5-10-17(19)22/h5-11,13-14H,3-4,12H2,1-2H3,(H,23,26). The van der Waals surface area contributed by atoms with Crippen LogP contribution in [0.5, 0.6) is 5.75 Å². The molecule has 1 aromatic heterocycles. The lowest BCUT2D eigenvalue weighted by molar-refractivity contribution is 0.0945. The number of unbranched alkanes of at least 4 members (excludes halogenated alkanes) is 1. The Hall–Kier alpha value is -2.79. The summed E-state index contributed by atoms with van der Waals surface area (Å²) >= 11 is 6.35. The van der Waals surface area contributed by atoms with E-state index >= 15 is 0 Å². The number of carbonyl (C=O) groups excluding carboxylic acids is 1. The van der Waals surface area contributed by atoms with E-state index < -0.39 is 0 Å². The largest absolute Gasteiger partial charge is 0.497 e. The highest BCUT2D eigenvalue weighted by molar-refractivity contribution is 6.32. The molecule has 3 aromatic rings. The fourth-order valence-electron chi connectivity index (χ4n) is 2.74. The lowest BCUT2D eigenvalue weighted by Gasteiger charge is -2.09. The minimum Gasteiger partial charge on any atom is -0.497 e. The van der Waals surface area contributed by atoms with Crippen molar-refractivity contribution in [1.82, 2.24) is 15.1 Å². The second kappa shape index (κ2) is 8.73. The third kappa shape index (κ3) is 4.31. The molecule has 140 valence electrons. The molecule has 1 heterocycles. The van der Waals surface area contributed by atoms with Gasteiger partial charge in [0.15, 0.2) is 0 Å². The van der Waals surface area contributed by atoms with E-state index in [2.05, 4.69) is 17.3 Å². The number of methoxy groups -OCH3 is 1. The molecule has 1 amide bonds. The number of nitrogens with zero attached hydrogens (tertiary/aromatic N) is 2. The van der Waals surface area contributed by atoms with Crippen LogP contribution in [0.3, 0.4) is 0 Å². The highest BCUT2D eigenvalue weighted by Crippen LogP contribution is 2.27. The Morgan fingerprint density at radius 2 is 2.00 bits per heavy atom. The number of hydrogen-bond acceptors (Lipinski definition) is 3. The highest BCUT2D eigenvalue weighted by Gasteiger charge is 2.19. The Morgan fingerprint density at radius 3 is 2.74 bits per heavy atom. The lowest BCUT2D eigenvalue weighted by atomic mass is 10.1. The summed E-state index contributed by atoms with van der Waals surface area (Å²) in [6, 6.07) is 16.7. The van der Waals surface area contributed by atoms with Gasteiger partial charge in [0, 0.05) is 12.1 Å². The lowest BCUT2D eigenvalue weighted by Crippen LogP contribution is -2.26. The van der Waals surface area contributed by atoms with Crippen molar-refractivity contribution in [3.05, 3.63) is 65.3 Å². The molecule has 1 N–H and O–H groups in total. The molecule has 0 radical (unpaired) electrons. The summed E-state index contributed by atoms with van der Waals surface area (Å²) in [6.07, 6.45) is 1.94. The average Bonchev–Trinajstić information content (AvgIpc) is 3.14. The van der Waals surface area contributed by atoms with Gasteiger partial charge < -0.3 is 10.1 Å². The van der Waals surface area contributed by atoms with E-state index in [1.807, 2.05) is 42.5 Å². The van der Waals surface area contributed by atoms with Crippen LogP contribution >= 0.6 is 11.6 Å². The molecule has 2 aromatic carbocycles. The van der Waals surface area contributed by atoms with Gasteiger partial charge in [-0.15, -0.1) is 0 Å². The highest BCUT2D eigenvalue weighted by atomic mass is 35.5. The number of carbonyl (C=O) groups is 1.